The number of likely N-dealkylation sites (N-methyl/N-ethyl adjacent to an activating group) is 1. The van der Waals surface area contributed by atoms with E-state index in [1.807, 2.05) is 42.8 Å². The number of likely N-dealkylation sites (tertiary alicyclic amines) is 1. The fourth-order valence-corrected chi connectivity index (χ4v) is 2.44. The summed E-state index contributed by atoms with van der Waals surface area (Å²) in [7, 11) is 1.91. The molecule has 5 heteroatoms. The molecule has 1 aliphatic heterocycles. The molecule has 2 rings (SSSR count). The maximum atomic E-state index is 12.4. The van der Waals surface area contributed by atoms with Gasteiger partial charge in [0.2, 0.25) is 5.91 Å². The van der Waals surface area contributed by atoms with Crippen LogP contribution in [0, 0.1) is 0 Å². The number of nitrogens with one attached hydrogen (secondary N) is 1. The first-order chi connectivity index (χ1) is 10.5. The highest BCUT2D eigenvalue weighted by Gasteiger charge is 2.19. The number of rotatable bonds is 5. The Hall–Kier alpha value is -1.88. The van der Waals surface area contributed by atoms with Crippen LogP contribution in [0.5, 0.6) is 0 Å². The van der Waals surface area contributed by atoms with Gasteiger partial charge in [0.1, 0.15) is 0 Å². The summed E-state index contributed by atoms with van der Waals surface area (Å²) in [4.78, 5) is 28.2. The summed E-state index contributed by atoms with van der Waals surface area (Å²) < 4.78 is 0. The highest BCUT2D eigenvalue weighted by Crippen LogP contribution is 2.16. The van der Waals surface area contributed by atoms with Crippen LogP contribution in [0.25, 0.3) is 0 Å². The first-order valence-corrected chi connectivity index (χ1v) is 7.87. The summed E-state index contributed by atoms with van der Waals surface area (Å²) in [6.07, 6.45) is 2.15. The van der Waals surface area contributed by atoms with Gasteiger partial charge in [-0.2, -0.15) is 0 Å². The zero-order chi connectivity index (χ0) is 16.1. The van der Waals surface area contributed by atoms with Crippen molar-refractivity contribution in [3.05, 3.63) is 29.8 Å². The molecule has 1 aliphatic rings. The van der Waals surface area contributed by atoms with Gasteiger partial charge in [-0.25, -0.2) is 0 Å². The molecule has 22 heavy (non-hydrogen) atoms. The van der Waals surface area contributed by atoms with Crippen LogP contribution in [-0.2, 0) is 4.79 Å². The van der Waals surface area contributed by atoms with Crippen molar-refractivity contribution in [2.75, 3.05) is 32.0 Å². The van der Waals surface area contributed by atoms with Gasteiger partial charge in [-0.05, 0) is 51.9 Å². The van der Waals surface area contributed by atoms with Gasteiger partial charge >= 0.3 is 0 Å². The molecule has 5 nitrogen and oxygen atoms in total. The van der Waals surface area contributed by atoms with E-state index in [0.717, 1.165) is 25.9 Å². The van der Waals surface area contributed by atoms with Crippen LogP contribution in [0.3, 0.4) is 0 Å². The van der Waals surface area contributed by atoms with E-state index in [1.165, 1.54) is 0 Å². The van der Waals surface area contributed by atoms with Crippen LogP contribution in [0.1, 0.15) is 37.0 Å². The second-order valence-corrected chi connectivity index (χ2v) is 6.14. The molecule has 1 fully saturated rings. The number of carbonyl (C=O) groups is 2. The summed E-state index contributed by atoms with van der Waals surface area (Å²) in [5, 5.41) is 2.86. The first-order valence-electron chi connectivity index (χ1n) is 7.87. The summed E-state index contributed by atoms with van der Waals surface area (Å²) in [5.74, 6) is -0.0186. The summed E-state index contributed by atoms with van der Waals surface area (Å²) in [5.41, 5.74) is 1.31. The third-order valence-corrected chi connectivity index (χ3v) is 4.06. The number of amides is 2. The number of anilines is 1. The molecule has 0 atom stereocenters. The molecule has 0 aliphatic carbocycles. The Labute approximate surface area is 132 Å². The van der Waals surface area contributed by atoms with Crippen molar-refractivity contribution < 1.29 is 9.59 Å². The predicted molar refractivity (Wildman–Crippen MR) is 88.0 cm³/mol. The SMILES string of the molecule is CC(C)N(C)CC(=O)Nc1cccc(C(=O)N2CCCC2)c1. The van der Waals surface area contributed by atoms with Crippen molar-refractivity contribution in [2.24, 2.45) is 0 Å². The van der Waals surface area contributed by atoms with Crippen molar-refractivity contribution in [3.8, 4) is 0 Å². The number of nitrogens with zero attached hydrogens (tertiary/aromatic N) is 2. The molecule has 0 bridgehead atoms. The molecule has 0 saturated carbocycles. The lowest BCUT2D eigenvalue weighted by Crippen LogP contribution is -2.34. The fraction of sp³-hybridized carbons (Fsp3) is 0.529. The second-order valence-electron chi connectivity index (χ2n) is 6.14. The van der Waals surface area contributed by atoms with E-state index in [0.29, 0.717) is 23.8 Å². The highest BCUT2D eigenvalue weighted by atomic mass is 16.2. The Morgan fingerprint density at radius 1 is 1.27 bits per heavy atom. The van der Waals surface area contributed by atoms with Crippen molar-refractivity contribution in [1.82, 2.24) is 9.80 Å². The zero-order valence-corrected chi connectivity index (χ0v) is 13.6. The van der Waals surface area contributed by atoms with Crippen LogP contribution in [0.4, 0.5) is 5.69 Å². The smallest absolute Gasteiger partial charge is 0.253 e. The quantitative estimate of drug-likeness (QED) is 0.907. The monoisotopic (exact) mass is 303 g/mol. The third-order valence-electron chi connectivity index (χ3n) is 4.06. The Morgan fingerprint density at radius 3 is 2.59 bits per heavy atom. The molecule has 0 radical (unpaired) electrons. The summed E-state index contributed by atoms with van der Waals surface area (Å²) in [6.45, 7) is 6.08. The van der Waals surface area contributed by atoms with Crippen LogP contribution in [-0.4, -0.2) is 54.3 Å². The van der Waals surface area contributed by atoms with E-state index >= 15 is 0 Å². The maximum absolute atomic E-state index is 12.4. The predicted octanol–water partition coefficient (Wildman–Crippen LogP) is 2.20. The average Bonchev–Trinajstić information content (AvgIpc) is 3.00. The van der Waals surface area contributed by atoms with Gasteiger partial charge in [0, 0.05) is 30.4 Å². The second kappa shape index (κ2) is 7.40. The Balaban J connectivity index is 1.99. The molecule has 2 amide bonds. The van der Waals surface area contributed by atoms with Crippen molar-refractivity contribution >= 4 is 17.5 Å². The van der Waals surface area contributed by atoms with Gasteiger partial charge in [-0.15, -0.1) is 0 Å². The molecule has 0 unspecified atom stereocenters. The molecule has 1 aromatic rings. The zero-order valence-electron chi connectivity index (χ0n) is 13.6. The van der Waals surface area contributed by atoms with Gasteiger partial charge in [-0.3, -0.25) is 14.5 Å². The fourth-order valence-electron chi connectivity index (χ4n) is 2.44. The maximum Gasteiger partial charge on any atom is 0.253 e. The van der Waals surface area contributed by atoms with E-state index in [9.17, 15) is 9.59 Å². The third kappa shape index (κ3) is 4.31. The molecular weight excluding hydrogens is 278 g/mol. The molecular formula is C17H25N3O2. The number of hydrogen-bond acceptors (Lipinski definition) is 3. The highest BCUT2D eigenvalue weighted by molar-refractivity contribution is 5.97. The molecule has 120 valence electrons. The standard InChI is InChI=1S/C17H25N3O2/c1-13(2)19(3)12-16(21)18-15-8-6-7-14(11-15)17(22)20-9-4-5-10-20/h6-8,11,13H,4-5,9-10,12H2,1-3H3,(H,18,21). The average molecular weight is 303 g/mol. The Morgan fingerprint density at radius 2 is 1.95 bits per heavy atom. The van der Waals surface area contributed by atoms with Crippen molar-refractivity contribution in [3.63, 3.8) is 0 Å². The minimum absolute atomic E-state index is 0.0490. The van der Waals surface area contributed by atoms with E-state index < -0.39 is 0 Å². The number of benzene rings is 1. The van der Waals surface area contributed by atoms with E-state index in [-0.39, 0.29) is 11.8 Å². The van der Waals surface area contributed by atoms with Gasteiger partial charge < -0.3 is 10.2 Å². The van der Waals surface area contributed by atoms with Crippen LogP contribution in [0.2, 0.25) is 0 Å². The van der Waals surface area contributed by atoms with E-state index in [1.54, 1.807) is 12.1 Å². The van der Waals surface area contributed by atoms with Crippen molar-refractivity contribution in [2.45, 2.75) is 32.7 Å². The van der Waals surface area contributed by atoms with Crippen LogP contribution < -0.4 is 5.32 Å². The molecule has 0 spiro atoms. The van der Waals surface area contributed by atoms with Crippen LogP contribution >= 0.6 is 0 Å². The molecule has 1 heterocycles. The van der Waals surface area contributed by atoms with Gasteiger partial charge in [0.05, 0.1) is 6.54 Å². The normalized spacial score (nSPS) is 14.7. The lowest BCUT2D eigenvalue weighted by molar-refractivity contribution is -0.117. The van der Waals surface area contributed by atoms with Gasteiger partial charge in [0.15, 0.2) is 0 Å². The first kappa shape index (κ1) is 16.5. The van der Waals surface area contributed by atoms with Crippen LogP contribution in [0.15, 0.2) is 24.3 Å². The minimum atomic E-state index is -0.0676. The molecule has 1 saturated heterocycles. The lowest BCUT2D eigenvalue weighted by Gasteiger charge is -2.20. The topological polar surface area (TPSA) is 52.7 Å². The minimum Gasteiger partial charge on any atom is -0.339 e. The number of hydrogen-bond donors (Lipinski definition) is 1. The van der Waals surface area contributed by atoms with Gasteiger partial charge in [-0.1, -0.05) is 6.07 Å². The lowest BCUT2D eigenvalue weighted by atomic mass is 10.1. The Bertz CT molecular complexity index is 536. The van der Waals surface area contributed by atoms with Crippen molar-refractivity contribution in [1.29, 1.82) is 0 Å². The van der Waals surface area contributed by atoms with E-state index in [2.05, 4.69) is 5.32 Å². The Kier molecular flexibility index (Phi) is 5.55. The van der Waals surface area contributed by atoms with E-state index in [4.69, 9.17) is 0 Å². The summed E-state index contributed by atoms with van der Waals surface area (Å²) in [6, 6.07) is 7.50. The largest absolute Gasteiger partial charge is 0.339 e. The molecule has 1 N–H and O–H groups in total. The molecule has 0 aromatic heterocycles. The summed E-state index contributed by atoms with van der Waals surface area (Å²) >= 11 is 0. The van der Waals surface area contributed by atoms with Gasteiger partial charge in [0.25, 0.3) is 5.91 Å². The number of carbonyl (C=O) groups excluding carboxylic acids is 2. The molecule has 1 aromatic carbocycles.